The Labute approximate surface area is 125 Å². The van der Waals surface area contributed by atoms with E-state index in [-0.39, 0.29) is 11.8 Å². The number of nitrogens with zero attached hydrogens (tertiary/aromatic N) is 2. The topological polar surface area (TPSA) is 71.2 Å². The van der Waals surface area contributed by atoms with Crippen LogP contribution in [-0.4, -0.2) is 21.8 Å². The van der Waals surface area contributed by atoms with E-state index in [0.717, 1.165) is 18.5 Å². The molecule has 1 atom stereocenters. The Morgan fingerprint density at radius 3 is 3.19 bits per heavy atom. The molecule has 2 aromatic heterocycles. The molecule has 3 aromatic rings. The van der Waals surface area contributed by atoms with Gasteiger partial charge in [-0.05, 0) is 35.6 Å². The Hall–Kier alpha value is -2.18. The number of aromatic hydroxyl groups is 1. The first-order chi connectivity index (χ1) is 10.3. The van der Waals surface area contributed by atoms with Gasteiger partial charge in [-0.1, -0.05) is 17.3 Å². The maximum absolute atomic E-state index is 9.54. The standard InChI is InChI=1S/C15H13N3O2S/c19-10-3-1-2-9(8-10)14-17-15(20-18-14)13-11-5-7-21-12(11)4-6-16-13/h1-3,5,7-8,13,16,19H,4,6H2. The highest BCUT2D eigenvalue weighted by Gasteiger charge is 2.27. The largest absolute Gasteiger partial charge is 0.508 e. The van der Waals surface area contributed by atoms with Gasteiger partial charge in [-0.2, -0.15) is 4.98 Å². The smallest absolute Gasteiger partial charge is 0.248 e. The van der Waals surface area contributed by atoms with Crippen LogP contribution in [0.15, 0.2) is 40.2 Å². The number of aromatic nitrogens is 2. The normalized spacial score (nSPS) is 17.6. The summed E-state index contributed by atoms with van der Waals surface area (Å²) < 4.78 is 5.42. The number of phenols is 1. The lowest BCUT2D eigenvalue weighted by Crippen LogP contribution is -2.29. The number of benzene rings is 1. The molecule has 0 radical (unpaired) electrons. The summed E-state index contributed by atoms with van der Waals surface area (Å²) >= 11 is 1.77. The molecule has 4 rings (SSSR count). The molecule has 1 aliphatic rings. The number of rotatable bonds is 2. The summed E-state index contributed by atoms with van der Waals surface area (Å²) in [5, 5.41) is 19.1. The number of phenolic OH excluding ortho intramolecular Hbond substituents is 1. The lowest BCUT2D eigenvalue weighted by atomic mass is 10.0. The molecule has 0 saturated carbocycles. The third kappa shape index (κ3) is 2.22. The van der Waals surface area contributed by atoms with Crippen LogP contribution in [-0.2, 0) is 6.42 Å². The van der Waals surface area contributed by atoms with E-state index in [4.69, 9.17) is 4.52 Å². The van der Waals surface area contributed by atoms with Gasteiger partial charge >= 0.3 is 0 Å². The van der Waals surface area contributed by atoms with Crippen LogP contribution in [0.1, 0.15) is 22.4 Å². The van der Waals surface area contributed by atoms with Crippen LogP contribution in [0.2, 0.25) is 0 Å². The van der Waals surface area contributed by atoms with Crippen LogP contribution in [0.3, 0.4) is 0 Å². The minimum Gasteiger partial charge on any atom is -0.508 e. The molecular formula is C15H13N3O2S. The van der Waals surface area contributed by atoms with Crippen molar-refractivity contribution in [2.45, 2.75) is 12.5 Å². The van der Waals surface area contributed by atoms with Crippen molar-refractivity contribution in [3.05, 3.63) is 52.0 Å². The van der Waals surface area contributed by atoms with Gasteiger partial charge in [-0.15, -0.1) is 11.3 Å². The van der Waals surface area contributed by atoms with Crippen molar-refractivity contribution in [3.63, 3.8) is 0 Å². The van der Waals surface area contributed by atoms with E-state index in [2.05, 4.69) is 26.9 Å². The highest BCUT2D eigenvalue weighted by molar-refractivity contribution is 7.10. The van der Waals surface area contributed by atoms with Gasteiger partial charge in [0.25, 0.3) is 0 Å². The van der Waals surface area contributed by atoms with Crippen molar-refractivity contribution < 1.29 is 9.63 Å². The number of nitrogens with one attached hydrogen (secondary N) is 1. The third-order valence-electron chi connectivity index (χ3n) is 3.58. The summed E-state index contributed by atoms with van der Waals surface area (Å²) in [6.07, 6.45) is 1.04. The van der Waals surface area contributed by atoms with Crippen LogP contribution in [0.5, 0.6) is 5.75 Å². The molecule has 106 valence electrons. The maximum atomic E-state index is 9.54. The molecule has 1 aromatic carbocycles. The molecule has 0 saturated heterocycles. The molecular weight excluding hydrogens is 286 g/mol. The Morgan fingerprint density at radius 2 is 2.29 bits per heavy atom. The molecule has 0 amide bonds. The number of hydrogen-bond acceptors (Lipinski definition) is 6. The highest BCUT2D eigenvalue weighted by atomic mass is 32.1. The van der Waals surface area contributed by atoms with Gasteiger partial charge in [0.2, 0.25) is 11.7 Å². The summed E-state index contributed by atoms with van der Waals surface area (Å²) in [6, 6.07) is 8.91. The van der Waals surface area contributed by atoms with Gasteiger partial charge in [0, 0.05) is 17.0 Å². The predicted molar refractivity (Wildman–Crippen MR) is 79.3 cm³/mol. The summed E-state index contributed by atoms with van der Waals surface area (Å²) in [5.74, 6) is 1.24. The van der Waals surface area contributed by atoms with E-state index in [1.165, 1.54) is 10.4 Å². The fraction of sp³-hybridized carbons (Fsp3) is 0.200. The van der Waals surface area contributed by atoms with Gasteiger partial charge in [0.05, 0.1) is 0 Å². The van der Waals surface area contributed by atoms with Crippen molar-refractivity contribution in [2.75, 3.05) is 6.54 Å². The van der Waals surface area contributed by atoms with Crippen molar-refractivity contribution in [3.8, 4) is 17.1 Å². The molecule has 3 heterocycles. The third-order valence-corrected chi connectivity index (χ3v) is 4.58. The Balaban J connectivity index is 1.70. The van der Waals surface area contributed by atoms with E-state index >= 15 is 0 Å². The van der Waals surface area contributed by atoms with Gasteiger partial charge in [0.15, 0.2) is 0 Å². The van der Waals surface area contributed by atoms with Crippen molar-refractivity contribution in [1.82, 2.24) is 15.5 Å². The molecule has 0 aliphatic carbocycles. The summed E-state index contributed by atoms with van der Waals surface area (Å²) in [4.78, 5) is 5.85. The minimum atomic E-state index is -0.0430. The molecule has 2 N–H and O–H groups in total. The first-order valence-electron chi connectivity index (χ1n) is 6.74. The number of fused-ring (bicyclic) bond motifs is 1. The quantitative estimate of drug-likeness (QED) is 0.761. The zero-order chi connectivity index (χ0) is 14.2. The van der Waals surface area contributed by atoms with E-state index in [1.54, 1.807) is 29.5 Å². The Kier molecular flexibility index (Phi) is 2.98. The second-order valence-corrected chi connectivity index (χ2v) is 5.94. The van der Waals surface area contributed by atoms with Gasteiger partial charge < -0.3 is 14.9 Å². The fourth-order valence-electron chi connectivity index (χ4n) is 2.59. The first kappa shape index (κ1) is 12.6. The number of thiophene rings is 1. The summed E-state index contributed by atoms with van der Waals surface area (Å²) in [5.41, 5.74) is 1.96. The van der Waals surface area contributed by atoms with Crippen LogP contribution in [0.25, 0.3) is 11.4 Å². The van der Waals surface area contributed by atoms with E-state index in [9.17, 15) is 5.11 Å². The second kappa shape index (κ2) is 4.98. The van der Waals surface area contributed by atoms with Crippen molar-refractivity contribution in [2.24, 2.45) is 0 Å². The summed E-state index contributed by atoms with van der Waals surface area (Å²) in [7, 11) is 0. The van der Waals surface area contributed by atoms with Crippen LogP contribution in [0.4, 0.5) is 0 Å². The lowest BCUT2D eigenvalue weighted by Gasteiger charge is -2.20. The van der Waals surface area contributed by atoms with Crippen molar-refractivity contribution >= 4 is 11.3 Å². The number of hydrogen-bond donors (Lipinski definition) is 2. The van der Waals surface area contributed by atoms with E-state index in [1.807, 2.05) is 6.07 Å². The van der Waals surface area contributed by atoms with Gasteiger partial charge in [-0.3, -0.25) is 0 Å². The lowest BCUT2D eigenvalue weighted by molar-refractivity contribution is 0.344. The molecule has 0 bridgehead atoms. The molecule has 0 fully saturated rings. The maximum Gasteiger partial charge on any atom is 0.248 e. The van der Waals surface area contributed by atoms with Gasteiger partial charge in [-0.25, -0.2) is 0 Å². The average molecular weight is 299 g/mol. The fourth-order valence-corrected chi connectivity index (χ4v) is 3.51. The molecule has 6 heteroatoms. The van der Waals surface area contributed by atoms with Crippen LogP contribution >= 0.6 is 11.3 Å². The predicted octanol–water partition coefficient (Wildman–Crippen LogP) is 2.74. The van der Waals surface area contributed by atoms with Crippen LogP contribution < -0.4 is 5.32 Å². The Morgan fingerprint density at radius 1 is 1.33 bits per heavy atom. The highest BCUT2D eigenvalue weighted by Crippen LogP contribution is 2.32. The minimum absolute atomic E-state index is 0.0430. The first-order valence-corrected chi connectivity index (χ1v) is 7.62. The van der Waals surface area contributed by atoms with E-state index < -0.39 is 0 Å². The zero-order valence-electron chi connectivity index (χ0n) is 11.1. The molecule has 5 nitrogen and oxygen atoms in total. The van der Waals surface area contributed by atoms with Crippen molar-refractivity contribution in [1.29, 1.82) is 0 Å². The Bertz CT molecular complexity index is 781. The van der Waals surface area contributed by atoms with Gasteiger partial charge in [0.1, 0.15) is 11.8 Å². The zero-order valence-corrected chi connectivity index (χ0v) is 11.9. The SMILES string of the molecule is Oc1cccc(-c2noc(C3NCCc4sccc43)n2)c1. The molecule has 1 aliphatic heterocycles. The monoisotopic (exact) mass is 299 g/mol. The van der Waals surface area contributed by atoms with Crippen LogP contribution in [0, 0.1) is 0 Å². The van der Waals surface area contributed by atoms with E-state index in [0.29, 0.717) is 11.7 Å². The molecule has 21 heavy (non-hydrogen) atoms. The molecule has 1 unspecified atom stereocenters. The summed E-state index contributed by atoms with van der Waals surface area (Å²) in [6.45, 7) is 0.905. The second-order valence-electron chi connectivity index (χ2n) is 4.94. The molecule has 0 spiro atoms. The average Bonchev–Trinajstić information content (AvgIpc) is 3.16.